The Kier molecular flexibility index (Phi) is 5.92. The standard InChI is InChI=1S/C19H18F2N2O6S/c1-19(13-7-9-14(10-8-13)28-17(20)21)16(24)23(18(25)22-19)11-12-30(26,27)29-15-5-3-2-4-6-15/h2-10,17H,11-12H2,1H3,(H,22,25). The zero-order valence-corrected chi connectivity index (χ0v) is 16.6. The molecule has 2 aromatic rings. The van der Waals surface area contributed by atoms with Crippen LogP contribution in [0.5, 0.6) is 11.5 Å². The van der Waals surface area contributed by atoms with Gasteiger partial charge in [-0.2, -0.15) is 17.2 Å². The summed E-state index contributed by atoms with van der Waals surface area (Å²) in [4.78, 5) is 25.9. The molecule has 1 heterocycles. The van der Waals surface area contributed by atoms with Crippen molar-refractivity contribution in [3.05, 3.63) is 60.2 Å². The van der Waals surface area contributed by atoms with Crippen molar-refractivity contribution in [1.82, 2.24) is 10.2 Å². The summed E-state index contributed by atoms with van der Waals surface area (Å²) in [7, 11) is -4.05. The van der Waals surface area contributed by atoms with Gasteiger partial charge in [0.1, 0.15) is 22.8 Å². The van der Waals surface area contributed by atoms with Crippen LogP contribution in [0.25, 0.3) is 0 Å². The fourth-order valence-corrected chi connectivity index (χ4v) is 3.83. The van der Waals surface area contributed by atoms with E-state index in [1.54, 1.807) is 18.2 Å². The van der Waals surface area contributed by atoms with Crippen molar-refractivity contribution in [2.75, 3.05) is 12.3 Å². The molecule has 0 bridgehead atoms. The van der Waals surface area contributed by atoms with Crippen LogP contribution in [0.1, 0.15) is 12.5 Å². The molecule has 30 heavy (non-hydrogen) atoms. The molecule has 0 aliphatic carbocycles. The minimum Gasteiger partial charge on any atom is -0.435 e. The number of para-hydroxylation sites is 1. The number of alkyl halides is 2. The van der Waals surface area contributed by atoms with Crippen molar-refractivity contribution >= 4 is 22.1 Å². The van der Waals surface area contributed by atoms with Crippen LogP contribution in [0.3, 0.4) is 0 Å². The second-order valence-corrected chi connectivity index (χ2v) is 8.26. The Labute approximate surface area is 171 Å². The Balaban J connectivity index is 1.69. The molecule has 3 amide bonds. The number of urea groups is 1. The van der Waals surface area contributed by atoms with Gasteiger partial charge in [0.05, 0.1) is 0 Å². The van der Waals surface area contributed by atoms with Crippen molar-refractivity contribution in [1.29, 1.82) is 0 Å². The lowest BCUT2D eigenvalue weighted by Gasteiger charge is -2.22. The highest BCUT2D eigenvalue weighted by Gasteiger charge is 2.49. The Morgan fingerprint density at radius 1 is 1.03 bits per heavy atom. The number of amides is 3. The zero-order chi connectivity index (χ0) is 21.9. The first-order valence-electron chi connectivity index (χ1n) is 8.77. The van der Waals surface area contributed by atoms with Gasteiger partial charge in [-0.05, 0) is 36.8 Å². The van der Waals surface area contributed by atoms with Gasteiger partial charge in [-0.15, -0.1) is 0 Å². The molecule has 1 N–H and O–H groups in total. The number of nitrogens with zero attached hydrogens (tertiary/aromatic N) is 1. The predicted octanol–water partition coefficient (Wildman–Crippen LogP) is 2.46. The van der Waals surface area contributed by atoms with Crippen LogP contribution < -0.4 is 14.2 Å². The first kappa shape index (κ1) is 21.5. The highest BCUT2D eigenvalue weighted by atomic mass is 32.2. The van der Waals surface area contributed by atoms with Gasteiger partial charge in [0.2, 0.25) is 0 Å². The highest BCUT2D eigenvalue weighted by molar-refractivity contribution is 7.87. The van der Waals surface area contributed by atoms with E-state index in [0.29, 0.717) is 5.56 Å². The first-order valence-corrected chi connectivity index (χ1v) is 10.4. The van der Waals surface area contributed by atoms with Crippen molar-refractivity contribution in [2.24, 2.45) is 0 Å². The summed E-state index contributed by atoms with van der Waals surface area (Å²) in [6.07, 6.45) is 0. The van der Waals surface area contributed by atoms with Crippen molar-refractivity contribution in [3.8, 4) is 11.5 Å². The summed E-state index contributed by atoms with van der Waals surface area (Å²) < 4.78 is 58.1. The van der Waals surface area contributed by atoms with Gasteiger partial charge in [0.25, 0.3) is 5.91 Å². The molecule has 1 saturated heterocycles. The van der Waals surface area contributed by atoms with Crippen LogP contribution in [0.2, 0.25) is 0 Å². The smallest absolute Gasteiger partial charge is 0.387 e. The van der Waals surface area contributed by atoms with E-state index in [0.717, 1.165) is 4.90 Å². The Morgan fingerprint density at radius 3 is 2.27 bits per heavy atom. The quantitative estimate of drug-likeness (QED) is 0.500. The second-order valence-electron chi connectivity index (χ2n) is 6.57. The molecule has 1 unspecified atom stereocenters. The lowest BCUT2D eigenvalue weighted by Crippen LogP contribution is -2.41. The molecular formula is C19H18F2N2O6S. The van der Waals surface area contributed by atoms with E-state index in [-0.39, 0.29) is 11.5 Å². The van der Waals surface area contributed by atoms with Crippen LogP contribution in [0.4, 0.5) is 13.6 Å². The number of hydrogen-bond acceptors (Lipinski definition) is 6. The third kappa shape index (κ3) is 4.67. The lowest BCUT2D eigenvalue weighted by molar-refractivity contribution is -0.130. The molecule has 8 nitrogen and oxygen atoms in total. The van der Waals surface area contributed by atoms with E-state index in [1.807, 2.05) is 0 Å². The van der Waals surface area contributed by atoms with Gasteiger partial charge in [0, 0.05) is 6.54 Å². The molecule has 11 heteroatoms. The number of rotatable bonds is 8. The number of carbonyl (C=O) groups excluding carboxylic acids is 2. The highest BCUT2D eigenvalue weighted by Crippen LogP contribution is 2.30. The summed E-state index contributed by atoms with van der Waals surface area (Å²) in [5.74, 6) is -1.26. The van der Waals surface area contributed by atoms with Gasteiger partial charge in [0.15, 0.2) is 0 Å². The fraction of sp³-hybridized carbons (Fsp3) is 0.263. The van der Waals surface area contributed by atoms with Crippen molar-refractivity contribution in [3.63, 3.8) is 0 Å². The number of halogens is 2. The molecule has 0 radical (unpaired) electrons. The Hall–Kier alpha value is -3.21. The molecule has 1 atom stereocenters. The maximum Gasteiger partial charge on any atom is 0.387 e. The normalized spacial score (nSPS) is 19.1. The van der Waals surface area contributed by atoms with E-state index >= 15 is 0 Å². The van der Waals surface area contributed by atoms with Crippen LogP contribution in [-0.2, 0) is 20.5 Å². The van der Waals surface area contributed by atoms with Gasteiger partial charge in [-0.25, -0.2) is 4.79 Å². The third-order valence-electron chi connectivity index (χ3n) is 4.46. The molecule has 0 spiro atoms. The monoisotopic (exact) mass is 440 g/mol. The third-order valence-corrected chi connectivity index (χ3v) is 5.59. The summed E-state index contributed by atoms with van der Waals surface area (Å²) in [5.41, 5.74) is -1.15. The predicted molar refractivity (Wildman–Crippen MR) is 102 cm³/mol. The molecule has 1 aliphatic rings. The molecular weight excluding hydrogens is 422 g/mol. The fourth-order valence-electron chi connectivity index (χ4n) is 2.93. The minimum absolute atomic E-state index is 0.102. The van der Waals surface area contributed by atoms with Gasteiger partial charge in [-0.3, -0.25) is 9.69 Å². The van der Waals surface area contributed by atoms with Crippen LogP contribution in [-0.4, -0.2) is 44.2 Å². The molecule has 160 valence electrons. The minimum atomic E-state index is -4.05. The Bertz CT molecular complexity index is 1030. The van der Waals surface area contributed by atoms with Crippen LogP contribution >= 0.6 is 0 Å². The number of nitrogens with one attached hydrogen (secondary N) is 1. The largest absolute Gasteiger partial charge is 0.435 e. The molecule has 1 fully saturated rings. The van der Waals surface area contributed by atoms with Crippen LogP contribution in [0, 0.1) is 0 Å². The van der Waals surface area contributed by atoms with Crippen molar-refractivity contribution < 1.29 is 35.7 Å². The summed E-state index contributed by atoms with van der Waals surface area (Å²) in [6.45, 7) is -1.97. The zero-order valence-electron chi connectivity index (χ0n) is 15.7. The molecule has 1 aliphatic heterocycles. The SMILES string of the molecule is CC1(c2ccc(OC(F)F)cc2)NC(=O)N(CCS(=O)(=O)Oc2ccccc2)C1=O. The number of carbonyl (C=O) groups is 2. The van der Waals surface area contributed by atoms with Gasteiger partial charge >= 0.3 is 22.8 Å². The molecule has 3 rings (SSSR count). The van der Waals surface area contributed by atoms with E-state index in [9.17, 15) is 26.8 Å². The topological polar surface area (TPSA) is 102 Å². The lowest BCUT2D eigenvalue weighted by atomic mass is 9.92. The maximum absolute atomic E-state index is 12.8. The Morgan fingerprint density at radius 2 is 1.67 bits per heavy atom. The molecule has 0 aromatic heterocycles. The number of hydrogen-bond donors (Lipinski definition) is 1. The summed E-state index contributed by atoms with van der Waals surface area (Å²) in [6, 6.07) is 12.3. The average molecular weight is 440 g/mol. The van der Waals surface area contributed by atoms with Gasteiger partial charge in [-0.1, -0.05) is 30.3 Å². The number of imide groups is 1. The van der Waals surface area contributed by atoms with Crippen LogP contribution in [0.15, 0.2) is 54.6 Å². The van der Waals surface area contributed by atoms with E-state index in [1.165, 1.54) is 43.3 Å². The van der Waals surface area contributed by atoms with E-state index in [4.69, 9.17) is 4.18 Å². The van der Waals surface area contributed by atoms with Gasteiger partial charge < -0.3 is 14.2 Å². The summed E-state index contributed by atoms with van der Waals surface area (Å²) >= 11 is 0. The van der Waals surface area contributed by atoms with E-state index in [2.05, 4.69) is 10.1 Å². The number of ether oxygens (including phenoxy) is 1. The van der Waals surface area contributed by atoms with Crippen molar-refractivity contribution in [2.45, 2.75) is 19.1 Å². The average Bonchev–Trinajstić information content (AvgIpc) is 2.90. The molecule has 0 saturated carbocycles. The summed E-state index contributed by atoms with van der Waals surface area (Å²) in [5, 5.41) is 2.51. The van der Waals surface area contributed by atoms with E-state index < -0.39 is 46.5 Å². The number of benzene rings is 2. The maximum atomic E-state index is 12.8. The second kappa shape index (κ2) is 8.27. The first-order chi connectivity index (χ1) is 14.1. The molecule has 2 aromatic carbocycles.